The molecule has 1 heterocycles. The van der Waals surface area contributed by atoms with Crippen molar-refractivity contribution in [3.8, 4) is 11.8 Å². The number of nitrogens with zero attached hydrogens (tertiary/aromatic N) is 1. The van der Waals surface area contributed by atoms with Gasteiger partial charge in [0.15, 0.2) is 0 Å². The molecular formula is C17H21NO2. The van der Waals surface area contributed by atoms with Gasteiger partial charge in [0.2, 0.25) is 0 Å². The molecule has 1 aliphatic rings. The molecule has 20 heavy (non-hydrogen) atoms. The number of aliphatic carboxylic acids is 1. The molecule has 2 rings (SSSR count). The van der Waals surface area contributed by atoms with Gasteiger partial charge < -0.3 is 5.11 Å². The number of benzene rings is 1. The van der Waals surface area contributed by atoms with Gasteiger partial charge in [-0.25, -0.2) is 0 Å². The van der Waals surface area contributed by atoms with Crippen molar-refractivity contribution in [2.24, 2.45) is 5.92 Å². The smallest absolute Gasteiger partial charge is 0.303 e. The molecule has 0 radical (unpaired) electrons. The monoisotopic (exact) mass is 271 g/mol. The molecule has 3 heteroatoms. The molecule has 1 aromatic rings. The number of hydrogen-bond donors (Lipinski definition) is 1. The third-order valence-corrected chi connectivity index (χ3v) is 4.01. The van der Waals surface area contributed by atoms with Crippen LogP contribution in [0.25, 0.3) is 0 Å². The van der Waals surface area contributed by atoms with Gasteiger partial charge in [-0.1, -0.05) is 30.0 Å². The zero-order valence-corrected chi connectivity index (χ0v) is 11.9. The molecule has 0 bridgehead atoms. The Morgan fingerprint density at radius 1 is 1.40 bits per heavy atom. The fraction of sp³-hybridized carbons (Fsp3) is 0.471. The fourth-order valence-corrected chi connectivity index (χ4v) is 2.77. The van der Waals surface area contributed by atoms with Crippen LogP contribution in [0, 0.1) is 17.8 Å². The van der Waals surface area contributed by atoms with Crippen LogP contribution < -0.4 is 0 Å². The average molecular weight is 271 g/mol. The summed E-state index contributed by atoms with van der Waals surface area (Å²) in [6.45, 7) is 4.05. The van der Waals surface area contributed by atoms with Gasteiger partial charge in [0.1, 0.15) is 0 Å². The van der Waals surface area contributed by atoms with Crippen molar-refractivity contribution in [3.05, 3.63) is 35.9 Å². The summed E-state index contributed by atoms with van der Waals surface area (Å²) in [6.07, 6.45) is 2.10. The number of rotatable bonds is 4. The number of carboxylic acid groups (broad SMARTS) is 1. The highest BCUT2D eigenvalue weighted by atomic mass is 16.4. The van der Waals surface area contributed by atoms with Crippen molar-refractivity contribution in [3.63, 3.8) is 0 Å². The Balaban J connectivity index is 1.78. The fourth-order valence-electron chi connectivity index (χ4n) is 2.77. The molecule has 0 aromatic heterocycles. The first-order valence-electron chi connectivity index (χ1n) is 7.16. The summed E-state index contributed by atoms with van der Waals surface area (Å²) in [6, 6.07) is 10.3. The molecule has 1 aliphatic heterocycles. The van der Waals surface area contributed by atoms with Crippen LogP contribution in [-0.4, -0.2) is 35.1 Å². The van der Waals surface area contributed by atoms with Crippen LogP contribution in [0.2, 0.25) is 0 Å². The predicted molar refractivity (Wildman–Crippen MR) is 79.3 cm³/mol. The number of carboxylic acids is 1. The van der Waals surface area contributed by atoms with Crippen molar-refractivity contribution < 1.29 is 9.90 Å². The standard InChI is InChI=1S/C17H21NO2/c1-14-16(13-17(19)20)10-12-18(14)11-6-5-9-15-7-3-2-4-8-15/h2-4,7-8,14,16H,6,10-13H2,1H3,(H,19,20). The maximum Gasteiger partial charge on any atom is 0.303 e. The Morgan fingerprint density at radius 3 is 2.85 bits per heavy atom. The summed E-state index contributed by atoms with van der Waals surface area (Å²) in [7, 11) is 0. The van der Waals surface area contributed by atoms with Gasteiger partial charge in [0.05, 0.1) is 0 Å². The zero-order valence-electron chi connectivity index (χ0n) is 11.9. The molecule has 1 N–H and O–H groups in total. The molecule has 0 aliphatic carbocycles. The third kappa shape index (κ3) is 4.11. The van der Waals surface area contributed by atoms with Crippen LogP contribution in [0.15, 0.2) is 30.3 Å². The quantitative estimate of drug-likeness (QED) is 0.856. The maximum atomic E-state index is 10.8. The first-order chi connectivity index (χ1) is 9.66. The lowest BCUT2D eigenvalue weighted by molar-refractivity contribution is -0.138. The van der Waals surface area contributed by atoms with E-state index in [-0.39, 0.29) is 12.3 Å². The highest BCUT2D eigenvalue weighted by Crippen LogP contribution is 2.26. The maximum absolute atomic E-state index is 10.8. The minimum atomic E-state index is -0.687. The first kappa shape index (κ1) is 14.6. The lowest BCUT2D eigenvalue weighted by atomic mass is 9.98. The molecule has 106 valence electrons. The van der Waals surface area contributed by atoms with Crippen LogP contribution in [0.1, 0.15) is 31.7 Å². The zero-order chi connectivity index (χ0) is 14.4. The summed E-state index contributed by atoms with van der Waals surface area (Å²) < 4.78 is 0. The van der Waals surface area contributed by atoms with Crippen LogP contribution in [0.5, 0.6) is 0 Å². The Morgan fingerprint density at radius 2 is 2.15 bits per heavy atom. The summed E-state index contributed by atoms with van der Waals surface area (Å²) in [4.78, 5) is 13.1. The van der Waals surface area contributed by atoms with Gasteiger partial charge in [0.25, 0.3) is 0 Å². The average Bonchev–Trinajstić information content (AvgIpc) is 2.77. The topological polar surface area (TPSA) is 40.5 Å². The van der Waals surface area contributed by atoms with Gasteiger partial charge in [-0.2, -0.15) is 0 Å². The van der Waals surface area contributed by atoms with E-state index >= 15 is 0 Å². The van der Waals surface area contributed by atoms with Crippen molar-refractivity contribution in [2.45, 2.75) is 32.2 Å². The van der Waals surface area contributed by atoms with Crippen LogP contribution in [0.3, 0.4) is 0 Å². The summed E-state index contributed by atoms with van der Waals surface area (Å²) >= 11 is 0. The van der Waals surface area contributed by atoms with Crippen LogP contribution in [0.4, 0.5) is 0 Å². The lowest BCUT2D eigenvalue weighted by Gasteiger charge is -2.22. The van der Waals surface area contributed by atoms with Gasteiger partial charge in [0, 0.05) is 31.0 Å². The molecule has 3 nitrogen and oxygen atoms in total. The van der Waals surface area contributed by atoms with E-state index in [1.54, 1.807) is 0 Å². The van der Waals surface area contributed by atoms with Gasteiger partial charge >= 0.3 is 5.97 Å². The Hall–Kier alpha value is -1.79. The number of carbonyl (C=O) groups is 1. The highest BCUT2D eigenvalue weighted by Gasteiger charge is 2.31. The Kier molecular flexibility index (Phi) is 5.20. The summed E-state index contributed by atoms with van der Waals surface area (Å²) in [5, 5.41) is 8.88. The van der Waals surface area contributed by atoms with Gasteiger partial charge in [-0.3, -0.25) is 9.69 Å². The number of likely N-dealkylation sites (tertiary alicyclic amines) is 1. The Labute approximate surface area is 120 Å². The van der Waals surface area contributed by atoms with Crippen LogP contribution in [-0.2, 0) is 4.79 Å². The van der Waals surface area contributed by atoms with Crippen molar-refractivity contribution in [1.82, 2.24) is 4.90 Å². The second-order valence-corrected chi connectivity index (χ2v) is 5.34. The van der Waals surface area contributed by atoms with E-state index in [0.717, 1.165) is 31.5 Å². The molecule has 2 unspecified atom stereocenters. The lowest BCUT2D eigenvalue weighted by Crippen LogP contribution is -2.31. The van der Waals surface area contributed by atoms with E-state index in [4.69, 9.17) is 5.11 Å². The number of hydrogen-bond acceptors (Lipinski definition) is 2. The second-order valence-electron chi connectivity index (χ2n) is 5.34. The van der Waals surface area contributed by atoms with Gasteiger partial charge in [-0.15, -0.1) is 0 Å². The third-order valence-electron chi connectivity index (χ3n) is 4.01. The minimum Gasteiger partial charge on any atom is -0.481 e. The molecule has 1 fully saturated rings. The predicted octanol–water partition coefficient (Wildman–Crippen LogP) is 2.61. The molecule has 0 spiro atoms. The molecule has 1 aromatic carbocycles. The molecule has 2 atom stereocenters. The highest BCUT2D eigenvalue weighted by molar-refractivity contribution is 5.67. The summed E-state index contributed by atoms with van der Waals surface area (Å²) in [5.41, 5.74) is 1.05. The molecular weight excluding hydrogens is 250 g/mol. The van der Waals surface area contributed by atoms with E-state index in [1.807, 2.05) is 30.3 Å². The minimum absolute atomic E-state index is 0.285. The molecule has 0 saturated carbocycles. The molecule has 1 saturated heterocycles. The van der Waals surface area contributed by atoms with E-state index in [1.165, 1.54) is 0 Å². The Bertz CT molecular complexity index is 501. The normalized spacial score (nSPS) is 22.2. The van der Waals surface area contributed by atoms with E-state index in [0.29, 0.717) is 6.04 Å². The van der Waals surface area contributed by atoms with Gasteiger partial charge in [-0.05, 0) is 37.9 Å². The van der Waals surface area contributed by atoms with Crippen molar-refractivity contribution in [2.75, 3.05) is 13.1 Å². The second kappa shape index (κ2) is 7.12. The van der Waals surface area contributed by atoms with E-state index in [2.05, 4.69) is 23.7 Å². The first-order valence-corrected chi connectivity index (χ1v) is 7.16. The largest absolute Gasteiger partial charge is 0.481 e. The van der Waals surface area contributed by atoms with Crippen LogP contribution >= 0.6 is 0 Å². The van der Waals surface area contributed by atoms with E-state index < -0.39 is 5.97 Å². The summed E-state index contributed by atoms with van der Waals surface area (Å²) in [5.74, 6) is 5.95. The SMILES string of the molecule is CC1C(CC(=O)O)CCN1CCC#Cc1ccccc1. The van der Waals surface area contributed by atoms with Crippen molar-refractivity contribution in [1.29, 1.82) is 0 Å². The molecule has 0 amide bonds. The van der Waals surface area contributed by atoms with Crippen molar-refractivity contribution >= 4 is 5.97 Å². The van der Waals surface area contributed by atoms with E-state index in [9.17, 15) is 4.79 Å².